The quantitative estimate of drug-likeness (QED) is 0.744. The predicted molar refractivity (Wildman–Crippen MR) is 95.0 cm³/mol. The zero-order chi connectivity index (χ0) is 18.1. The zero-order valence-corrected chi connectivity index (χ0v) is 14.5. The fourth-order valence-corrected chi connectivity index (χ4v) is 3.12. The second kappa shape index (κ2) is 6.80. The molecule has 6 nitrogen and oxygen atoms in total. The molecule has 0 spiro atoms. The Morgan fingerprint density at radius 1 is 1.04 bits per heavy atom. The molecular weight excluding hydrogens is 356 g/mol. The molecule has 1 unspecified atom stereocenters. The maximum atomic E-state index is 11.6. The van der Waals surface area contributed by atoms with Crippen molar-refractivity contribution in [3.8, 4) is 0 Å². The van der Waals surface area contributed by atoms with E-state index in [-0.39, 0.29) is 0 Å². The summed E-state index contributed by atoms with van der Waals surface area (Å²) in [5, 5.41) is 7.94. The van der Waals surface area contributed by atoms with E-state index in [1.165, 1.54) is 5.56 Å². The third-order valence-electron chi connectivity index (χ3n) is 4.36. The number of nitrogens with one attached hydrogen (secondary N) is 1. The monoisotopic (exact) mass is 370 g/mol. The highest BCUT2D eigenvalue weighted by Crippen LogP contribution is 2.23. The first-order valence-corrected chi connectivity index (χ1v) is 8.59. The number of amides is 2. The van der Waals surface area contributed by atoms with Crippen LogP contribution >= 0.6 is 11.6 Å². The van der Waals surface area contributed by atoms with Gasteiger partial charge < -0.3 is 9.26 Å². The Morgan fingerprint density at radius 2 is 1.81 bits per heavy atom. The van der Waals surface area contributed by atoms with E-state index in [0.717, 1.165) is 34.5 Å². The van der Waals surface area contributed by atoms with Crippen LogP contribution in [0.5, 0.6) is 0 Å². The lowest BCUT2D eigenvalue weighted by atomic mass is 10.0. The van der Waals surface area contributed by atoms with Gasteiger partial charge in [-0.3, -0.25) is 10.1 Å². The summed E-state index contributed by atoms with van der Waals surface area (Å²) < 4.78 is 10.4. The summed E-state index contributed by atoms with van der Waals surface area (Å²) in [5.41, 5.74) is 3.55. The number of fused-ring (bicyclic) bond motifs is 1. The number of nitrogens with zero attached hydrogens (tertiary/aromatic N) is 1. The van der Waals surface area contributed by atoms with E-state index in [0.29, 0.717) is 12.0 Å². The lowest BCUT2D eigenvalue weighted by Crippen LogP contribution is -2.25. The number of aromatic nitrogens is 1. The number of halogens is 1. The van der Waals surface area contributed by atoms with E-state index in [4.69, 9.17) is 20.9 Å². The fraction of sp³-hybridized carbons (Fsp3) is 0.211. The molecule has 0 saturated carbocycles. The summed E-state index contributed by atoms with van der Waals surface area (Å²) >= 11 is 5.90. The zero-order valence-electron chi connectivity index (χ0n) is 13.7. The molecule has 3 aromatic rings. The number of aryl methyl sites for hydroxylation is 2. The van der Waals surface area contributed by atoms with Crippen molar-refractivity contribution in [2.75, 3.05) is 0 Å². The molecule has 1 aromatic heterocycles. The van der Waals surface area contributed by atoms with Gasteiger partial charge in [-0.2, -0.15) is 0 Å². The van der Waals surface area contributed by atoms with Crippen LogP contribution in [0.4, 0.5) is 4.79 Å². The van der Waals surface area contributed by atoms with Crippen LogP contribution in [0.2, 0.25) is 5.02 Å². The molecule has 1 fully saturated rings. The molecule has 2 heterocycles. The van der Waals surface area contributed by atoms with Crippen molar-refractivity contribution in [3.63, 3.8) is 0 Å². The van der Waals surface area contributed by atoms with E-state index in [1.54, 1.807) is 0 Å². The van der Waals surface area contributed by atoms with Gasteiger partial charge in [-0.15, -0.1) is 0 Å². The highest BCUT2D eigenvalue weighted by Gasteiger charge is 2.32. The second-order valence-electron chi connectivity index (χ2n) is 6.17. The Kier molecular flexibility index (Phi) is 4.34. The number of ether oxygens (including phenoxy) is 1. The maximum Gasteiger partial charge on any atom is 0.414 e. The van der Waals surface area contributed by atoms with Crippen LogP contribution in [-0.4, -0.2) is 23.3 Å². The Balaban J connectivity index is 1.47. The average molecular weight is 371 g/mol. The highest BCUT2D eigenvalue weighted by molar-refractivity contribution is 6.30. The molecule has 0 bridgehead atoms. The first-order chi connectivity index (χ1) is 12.6. The van der Waals surface area contributed by atoms with E-state index < -0.39 is 18.1 Å². The van der Waals surface area contributed by atoms with E-state index >= 15 is 0 Å². The molecule has 2 amide bonds. The van der Waals surface area contributed by atoms with Crippen LogP contribution in [-0.2, 0) is 28.8 Å². The van der Waals surface area contributed by atoms with Crippen LogP contribution < -0.4 is 5.32 Å². The minimum absolute atomic E-state index is 0.300. The number of imide groups is 1. The van der Waals surface area contributed by atoms with E-state index in [1.807, 2.05) is 42.5 Å². The minimum atomic E-state index is -0.799. The van der Waals surface area contributed by atoms with Crippen molar-refractivity contribution in [1.29, 1.82) is 0 Å². The molecule has 1 aliphatic rings. The summed E-state index contributed by atoms with van der Waals surface area (Å²) in [4.78, 5) is 22.7. The highest BCUT2D eigenvalue weighted by atomic mass is 35.5. The number of benzene rings is 2. The molecule has 1 aliphatic heterocycles. The van der Waals surface area contributed by atoms with Crippen molar-refractivity contribution in [2.45, 2.75) is 25.4 Å². The Hall–Kier alpha value is -2.86. The number of cyclic esters (lactones) is 1. The molecule has 0 aliphatic carbocycles. The normalized spacial score (nSPS) is 16.7. The van der Waals surface area contributed by atoms with Crippen molar-refractivity contribution in [2.24, 2.45) is 0 Å². The predicted octanol–water partition coefficient (Wildman–Crippen LogP) is 3.44. The van der Waals surface area contributed by atoms with Gasteiger partial charge >= 0.3 is 6.09 Å². The SMILES string of the molecule is O=C1NC(=O)C(Cc2ccc3c(CCc4ccc(Cl)cc4)noc3c2)O1. The summed E-state index contributed by atoms with van der Waals surface area (Å²) in [6, 6.07) is 13.4. The number of hydrogen-bond donors (Lipinski definition) is 1. The molecule has 1 atom stereocenters. The van der Waals surface area contributed by atoms with Crippen LogP contribution in [0.25, 0.3) is 11.0 Å². The number of hydrogen-bond acceptors (Lipinski definition) is 5. The van der Waals surface area contributed by atoms with Gasteiger partial charge in [0.25, 0.3) is 5.91 Å². The van der Waals surface area contributed by atoms with Gasteiger partial charge in [-0.25, -0.2) is 4.79 Å². The van der Waals surface area contributed by atoms with Crippen LogP contribution in [0.1, 0.15) is 16.8 Å². The topological polar surface area (TPSA) is 81.4 Å². The Morgan fingerprint density at radius 3 is 2.54 bits per heavy atom. The van der Waals surface area contributed by atoms with Crippen molar-refractivity contribution in [3.05, 3.63) is 64.3 Å². The van der Waals surface area contributed by atoms with Crippen LogP contribution in [0, 0.1) is 0 Å². The van der Waals surface area contributed by atoms with E-state index in [2.05, 4.69) is 10.5 Å². The standard InChI is InChI=1S/C19H15ClN2O4/c20-13-5-1-11(2-6-13)4-8-15-14-7-3-12(9-16(14)26-22-15)10-17-18(23)21-19(24)25-17/h1-3,5-7,9,17H,4,8,10H2,(H,21,23,24). The third-order valence-corrected chi connectivity index (χ3v) is 4.61. The van der Waals surface area contributed by atoms with Gasteiger partial charge in [-0.1, -0.05) is 35.0 Å². The smallest absolute Gasteiger partial charge is 0.414 e. The molecule has 7 heteroatoms. The van der Waals surface area contributed by atoms with Gasteiger partial charge in [-0.05, 0) is 48.2 Å². The van der Waals surface area contributed by atoms with Crippen molar-refractivity contribution < 1.29 is 18.8 Å². The number of carbonyl (C=O) groups excluding carboxylic acids is 2. The second-order valence-corrected chi connectivity index (χ2v) is 6.61. The summed E-state index contributed by atoms with van der Waals surface area (Å²) in [5.74, 6) is -0.420. The minimum Gasteiger partial charge on any atom is -0.435 e. The number of alkyl carbamates (subject to hydrolysis) is 1. The third kappa shape index (κ3) is 3.41. The lowest BCUT2D eigenvalue weighted by molar-refractivity contribution is -0.123. The van der Waals surface area contributed by atoms with Gasteiger partial charge in [0.1, 0.15) is 0 Å². The average Bonchev–Trinajstić information content (AvgIpc) is 3.17. The van der Waals surface area contributed by atoms with Crippen molar-refractivity contribution in [1.82, 2.24) is 10.5 Å². The lowest BCUT2D eigenvalue weighted by Gasteiger charge is -2.06. The van der Waals surface area contributed by atoms with Crippen LogP contribution in [0.3, 0.4) is 0 Å². The summed E-state index contributed by atoms with van der Waals surface area (Å²) in [7, 11) is 0. The molecule has 132 valence electrons. The van der Waals surface area contributed by atoms with Gasteiger partial charge in [0.15, 0.2) is 11.7 Å². The number of carbonyl (C=O) groups is 2. The summed E-state index contributed by atoms with van der Waals surface area (Å²) in [6.07, 6.45) is 0.376. The molecule has 4 rings (SSSR count). The molecular formula is C19H15ClN2O4. The first-order valence-electron chi connectivity index (χ1n) is 8.21. The Bertz CT molecular complexity index is 981. The van der Waals surface area contributed by atoms with E-state index in [9.17, 15) is 9.59 Å². The molecule has 2 aromatic carbocycles. The molecule has 1 saturated heterocycles. The van der Waals surface area contributed by atoms with Gasteiger partial charge in [0, 0.05) is 16.8 Å². The maximum absolute atomic E-state index is 11.6. The number of rotatable bonds is 5. The fourth-order valence-electron chi connectivity index (χ4n) is 3.00. The largest absolute Gasteiger partial charge is 0.435 e. The first kappa shape index (κ1) is 16.6. The molecule has 26 heavy (non-hydrogen) atoms. The molecule has 0 radical (unpaired) electrons. The summed E-state index contributed by atoms with van der Waals surface area (Å²) in [6.45, 7) is 0. The van der Waals surface area contributed by atoms with Crippen LogP contribution in [0.15, 0.2) is 47.0 Å². The van der Waals surface area contributed by atoms with Crippen molar-refractivity contribution >= 4 is 34.6 Å². The molecule has 1 N–H and O–H groups in total. The van der Waals surface area contributed by atoms with Gasteiger partial charge in [0.05, 0.1) is 5.69 Å². The Labute approximate surface area is 154 Å². The van der Waals surface area contributed by atoms with Gasteiger partial charge in [0.2, 0.25) is 0 Å².